The molecule has 96 valence electrons. The van der Waals surface area contributed by atoms with Gasteiger partial charge in [-0.05, 0) is 35.9 Å². The summed E-state index contributed by atoms with van der Waals surface area (Å²) in [4.78, 5) is 15.5. The molecule has 0 unspecified atom stereocenters. The van der Waals surface area contributed by atoms with Crippen LogP contribution in [0.5, 0.6) is 0 Å². The Morgan fingerprint density at radius 3 is 2.58 bits per heavy atom. The number of benzene rings is 1. The molecule has 2 aromatic rings. The maximum Gasteiger partial charge on any atom is 0.248 e. The van der Waals surface area contributed by atoms with Crippen molar-refractivity contribution < 1.29 is 9.18 Å². The first kappa shape index (κ1) is 13.2. The second-order valence-electron chi connectivity index (χ2n) is 3.74. The lowest BCUT2D eigenvalue weighted by molar-refractivity contribution is -0.111. The number of carbonyl (C=O) groups is 1. The van der Waals surface area contributed by atoms with Crippen molar-refractivity contribution in [2.75, 3.05) is 5.32 Å². The highest BCUT2D eigenvalue weighted by Crippen LogP contribution is 2.10. The number of anilines is 1. The molecule has 1 amide bonds. The summed E-state index contributed by atoms with van der Waals surface area (Å²) < 4.78 is 12.7. The molecule has 0 atom stereocenters. The Labute approximate surface area is 114 Å². The van der Waals surface area contributed by atoms with Crippen molar-refractivity contribution >= 4 is 29.3 Å². The van der Waals surface area contributed by atoms with Crippen LogP contribution < -0.4 is 5.32 Å². The van der Waals surface area contributed by atoms with Gasteiger partial charge in [0.15, 0.2) is 0 Å². The highest BCUT2D eigenvalue weighted by Gasteiger charge is 1.98. The molecule has 19 heavy (non-hydrogen) atoms. The van der Waals surface area contributed by atoms with Crippen molar-refractivity contribution in [1.29, 1.82) is 0 Å². The summed E-state index contributed by atoms with van der Waals surface area (Å²) in [6, 6.07) is 9.08. The van der Waals surface area contributed by atoms with Gasteiger partial charge in [0.2, 0.25) is 5.91 Å². The smallest absolute Gasteiger partial charge is 0.248 e. The molecule has 5 heteroatoms. The summed E-state index contributed by atoms with van der Waals surface area (Å²) in [5, 5.41) is 2.99. The van der Waals surface area contributed by atoms with E-state index in [1.54, 1.807) is 30.3 Å². The lowest BCUT2D eigenvalue weighted by Crippen LogP contribution is -2.07. The van der Waals surface area contributed by atoms with Crippen LogP contribution in [0, 0.1) is 5.82 Å². The largest absolute Gasteiger partial charge is 0.321 e. The summed E-state index contributed by atoms with van der Waals surface area (Å²) in [6.45, 7) is 0. The van der Waals surface area contributed by atoms with Crippen molar-refractivity contribution in [1.82, 2.24) is 4.98 Å². The molecule has 1 N–H and O–H groups in total. The monoisotopic (exact) mass is 276 g/mol. The fourth-order valence-corrected chi connectivity index (χ4v) is 1.49. The first-order valence-electron chi connectivity index (χ1n) is 5.50. The SMILES string of the molecule is O=C(/C=C/c1ccc(F)cc1)Nc1ccc(Cl)nc1. The van der Waals surface area contributed by atoms with E-state index in [1.165, 1.54) is 24.4 Å². The van der Waals surface area contributed by atoms with E-state index in [1.807, 2.05) is 0 Å². The van der Waals surface area contributed by atoms with Gasteiger partial charge in [-0.1, -0.05) is 23.7 Å². The second kappa shape index (κ2) is 6.11. The first-order valence-corrected chi connectivity index (χ1v) is 5.87. The van der Waals surface area contributed by atoms with E-state index in [-0.39, 0.29) is 11.7 Å². The van der Waals surface area contributed by atoms with Gasteiger partial charge in [-0.15, -0.1) is 0 Å². The van der Waals surface area contributed by atoms with E-state index in [9.17, 15) is 9.18 Å². The molecule has 0 fully saturated rings. The third kappa shape index (κ3) is 4.19. The maximum absolute atomic E-state index is 12.7. The van der Waals surface area contributed by atoms with E-state index >= 15 is 0 Å². The quantitative estimate of drug-likeness (QED) is 0.688. The van der Waals surface area contributed by atoms with Crippen molar-refractivity contribution in [3.8, 4) is 0 Å². The van der Waals surface area contributed by atoms with Gasteiger partial charge in [0.05, 0.1) is 11.9 Å². The van der Waals surface area contributed by atoms with Crippen molar-refractivity contribution in [3.05, 3.63) is 65.2 Å². The number of halogens is 2. The minimum atomic E-state index is -0.311. The van der Waals surface area contributed by atoms with Crippen LogP contribution in [-0.4, -0.2) is 10.9 Å². The van der Waals surface area contributed by atoms with E-state index in [0.29, 0.717) is 10.8 Å². The van der Waals surface area contributed by atoms with Crippen LogP contribution in [0.3, 0.4) is 0 Å². The molecule has 3 nitrogen and oxygen atoms in total. The summed E-state index contributed by atoms with van der Waals surface area (Å²) in [5.41, 5.74) is 1.30. The van der Waals surface area contributed by atoms with Crippen LogP contribution in [-0.2, 0) is 4.79 Å². The average molecular weight is 277 g/mol. The fraction of sp³-hybridized carbons (Fsp3) is 0. The third-order valence-electron chi connectivity index (χ3n) is 2.29. The van der Waals surface area contributed by atoms with E-state index in [2.05, 4.69) is 10.3 Å². The Kier molecular flexibility index (Phi) is 4.26. The third-order valence-corrected chi connectivity index (χ3v) is 2.52. The standard InChI is InChI=1S/C14H10ClFN2O/c15-13-7-6-12(9-17-13)18-14(19)8-3-10-1-4-11(16)5-2-10/h1-9H,(H,18,19)/b8-3+. The zero-order valence-electron chi connectivity index (χ0n) is 9.81. The number of amides is 1. The van der Waals surface area contributed by atoms with Crippen LogP contribution >= 0.6 is 11.6 Å². The van der Waals surface area contributed by atoms with Crippen molar-refractivity contribution in [2.45, 2.75) is 0 Å². The lowest BCUT2D eigenvalue weighted by Gasteiger charge is -2.00. The minimum absolute atomic E-state index is 0.298. The number of pyridine rings is 1. The summed E-state index contributed by atoms with van der Waals surface area (Å²) in [5.74, 6) is -0.609. The van der Waals surface area contributed by atoms with Crippen LogP contribution in [0.25, 0.3) is 6.08 Å². The van der Waals surface area contributed by atoms with E-state index in [0.717, 1.165) is 5.56 Å². The van der Waals surface area contributed by atoms with Crippen LogP contribution in [0.4, 0.5) is 10.1 Å². The van der Waals surface area contributed by atoms with E-state index < -0.39 is 0 Å². The van der Waals surface area contributed by atoms with Gasteiger partial charge < -0.3 is 5.32 Å². The molecule has 0 aliphatic heterocycles. The molecule has 0 radical (unpaired) electrons. The molecule has 1 aromatic heterocycles. The Hall–Kier alpha value is -2.20. The van der Waals surface area contributed by atoms with Crippen LogP contribution in [0.2, 0.25) is 5.15 Å². The molecule has 1 aromatic carbocycles. The Morgan fingerprint density at radius 2 is 1.95 bits per heavy atom. The van der Waals surface area contributed by atoms with Crippen molar-refractivity contribution in [3.63, 3.8) is 0 Å². The van der Waals surface area contributed by atoms with Gasteiger partial charge in [0.1, 0.15) is 11.0 Å². The number of aromatic nitrogens is 1. The second-order valence-corrected chi connectivity index (χ2v) is 4.13. The molecule has 0 aliphatic carbocycles. The molecule has 0 spiro atoms. The van der Waals surface area contributed by atoms with Gasteiger partial charge in [0, 0.05) is 6.08 Å². The zero-order chi connectivity index (χ0) is 13.7. The Bertz CT molecular complexity index is 594. The highest BCUT2D eigenvalue weighted by atomic mass is 35.5. The van der Waals surface area contributed by atoms with Crippen LogP contribution in [0.1, 0.15) is 5.56 Å². The summed E-state index contributed by atoms with van der Waals surface area (Å²) in [6.07, 6.45) is 4.42. The highest BCUT2D eigenvalue weighted by molar-refractivity contribution is 6.29. The topological polar surface area (TPSA) is 42.0 Å². The summed E-state index contributed by atoms with van der Waals surface area (Å²) >= 11 is 5.63. The zero-order valence-corrected chi connectivity index (χ0v) is 10.6. The number of carbonyl (C=O) groups excluding carboxylic acids is 1. The van der Waals surface area contributed by atoms with Gasteiger partial charge >= 0.3 is 0 Å². The molecule has 0 saturated carbocycles. The van der Waals surface area contributed by atoms with Crippen LogP contribution in [0.15, 0.2) is 48.7 Å². The van der Waals surface area contributed by atoms with Gasteiger partial charge in [-0.3, -0.25) is 4.79 Å². The van der Waals surface area contributed by atoms with Gasteiger partial charge in [-0.25, -0.2) is 9.37 Å². The summed E-state index contributed by atoms with van der Waals surface area (Å²) in [7, 11) is 0. The number of hydrogen-bond acceptors (Lipinski definition) is 2. The average Bonchev–Trinajstić information content (AvgIpc) is 2.41. The number of nitrogens with zero attached hydrogens (tertiary/aromatic N) is 1. The number of rotatable bonds is 3. The number of nitrogens with one attached hydrogen (secondary N) is 1. The fourth-order valence-electron chi connectivity index (χ4n) is 1.38. The molecule has 0 saturated heterocycles. The molecule has 2 rings (SSSR count). The normalized spacial score (nSPS) is 10.6. The van der Waals surface area contributed by atoms with Crippen molar-refractivity contribution in [2.24, 2.45) is 0 Å². The van der Waals surface area contributed by atoms with Gasteiger partial charge in [0.25, 0.3) is 0 Å². The molecular weight excluding hydrogens is 267 g/mol. The first-order chi connectivity index (χ1) is 9.13. The Morgan fingerprint density at radius 1 is 1.21 bits per heavy atom. The predicted molar refractivity (Wildman–Crippen MR) is 73.3 cm³/mol. The van der Waals surface area contributed by atoms with E-state index in [4.69, 9.17) is 11.6 Å². The minimum Gasteiger partial charge on any atom is -0.321 e. The van der Waals surface area contributed by atoms with Gasteiger partial charge in [-0.2, -0.15) is 0 Å². The predicted octanol–water partition coefficient (Wildman–Crippen LogP) is 3.53. The molecular formula is C14H10ClFN2O. The molecule has 1 heterocycles. The lowest BCUT2D eigenvalue weighted by atomic mass is 10.2. The molecule has 0 bridgehead atoms. The maximum atomic E-state index is 12.7. The molecule has 0 aliphatic rings. The Balaban J connectivity index is 1.97. The number of hydrogen-bond donors (Lipinski definition) is 1.